The summed E-state index contributed by atoms with van der Waals surface area (Å²) in [5.74, 6) is 2.12. The average Bonchev–Trinajstić information content (AvgIpc) is 2.82. The predicted octanol–water partition coefficient (Wildman–Crippen LogP) is 1.95. The Kier molecular flexibility index (Phi) is 4.63. The van der Waals surface area contributed by atoms with Gasteiger partial charge < -0.3 is 10.5 Å². The number of ether oxygens (including phenoxy) is 1. The maximum absolute atomic E-state index is 5.58. The molecule has 1 fully saturated rings. The van der Waals surface area contributed by atoms with Crippen LogP contribution in [-0.4, -0.2) is 23.4 Å². The molecule has 3 nitrogen and oxygen atoms in total. The Hall–Kier alpha value is -0.580. The smallest absolute Gasteiger partial charge is 0.0666 e. The van der Waals surface area contributed by atoms with E-state index in [1.54, 1.807) is 0 Å². The number of hydrogen-bond donors (Lipinski definition) is 1. The van der Waals surface area contributed by atoms with Crippen LogP contribution in [0.2, 0.25) is 0 Å². The third kappa shape index (κ3) is 3.47. The molecule has 2 heterocycles. The van der Waals surface area contributed by atoms with E-state index >= 15 is 0 Å². The van der Waals surface area contributed by atoms with Gasteiger partial charge in [0.05, 0.1) is 11.8 Å². The van der Waals surface area contributed by atoms with E-state index in [9.17, 15) is 0 Å². The van der Waals surface area contributed by atoms with Gasteiger partial charge in [0, 0.05) is 30.9 Å². The molecular weight excluding hydrogens is 220 g/mol. The van der Waals surface area contributed by atoms with Crippen LogP contribution in [0.15, 0.2) is 18.3 Å². The minimum absolute atomic E-state index is 0.473. The monoisotopic (exact) mass is 238 g/mol. The van der Waals surface area contributed by atoms with Crippen molar-refractivity contribution in [1.29, 1.82) is 0 Å². The van der Waals surface area contributed by atoms with E-state index in [0.29, 0.717) is 12.6 Å². The highest BCUT2D eigenvalue weighted by Gasteiger charge is 2.14. The van der Waals surface area contributed by atoms with Crippen molar-refractivity contribution in [2.45, 2.75) is 31.2 Å². The van der Waals surface area contributed by atoms with E-state index < -0.39 is 0 Å². The van der Waals surface area contributed by atoms with Gasteiger partial charge in [0.2, 0.25) is 0 Å². The molecule has 0 radical (unpaired) electrons. The van der Waals surface area contributed by atoms with Crippen molar-refractivity contribution in [3.63, 3.8) is 0 Å². The van der Waals surface area contributed by atoms with Crippen LogP contribution in [0.3, 0.4) is 0 Å². The van der Waals surface area contributed by atoms with Crippen LogP contribution >= 0.6 is 11.8 Å². The van der Waals surface area contributed by atoms with Crippen LogP contribution in [0.4, 0.5) is 0 Å². The number of aromatic nitrogens is 1. The molecule has 1 atom stereocenters. The Bertz CT molecular complexity index is 327. The molecule has 1 aromatic rings. The summed E-state index contributed by atoms with van der Waals surface area (Å²) in [5, 5.41) is 0. The van der Waals surface area contributed by atoms with Gasteiger partial charge in [0.15, 0.2) is 0 Å². The average molecular weight is 238 g/mol. The molecule has 0 spiro atoms. The molecule has 2 N–H and O–H groups in total. The second-order valence-corrected chi connectivity index (χ2v) is 5.04. The quantitative estimate of drug-likeness (QED) is 0.852. The Morgan fingerprint density at radius 1 is 1.56 bits per heavy atom. The van der Waals surface area contributed by atoms with Gasteiger partial charge in [0.1, 0.15) is 0 Å². The zero-order valence-electron chi connectivity index (χ0n) is 9.39. The maximum Gasteiger partial charge on any atom is 0.0666 e. The Labute approximate surface area is 101 Å². The topological polar surface area (TPSA) is 48.1 Å². The van der Waals surface area contributed by atoms with E-state index in [2.05, 4.69) is 17.1 Å². The SMILES string of the molecule is NCc1cc(CSCC2CCCO2)ccn1. The molecule has 1 aliphatic heterocycles. The zero-order valence-corrected chi connectivity index (χ0v) is 10.2. The number of nitrogens with zero attached hydrogens (tertiary/aromatic N) is 1. The Morgan fingerprint density at radius 2 is 2.50 bits per heavy atom. The van der Waals surface area contributed by atoms with Crippen LogP contribution in [0, 0.1) is 0 Å². The Balaban J connectivity index is 1.75. The van der Waals surface area contributed by atoms with Gasteiger partial charge in [-0.3, -0.25) is 4.98 Å². The molecule has 1 aliphatic rings. The third-order valence-corrected chi connectivity index (χ3v) is 3.83. The first-order valence-corrected chi connectivity index (χ1v) is 6.87. The number of rotatable bonds is 5. The lowest BCUT2D eigenvalue weighted by molar-refractivity contribution is 0.129. The fourth-order valence-corrected chi connectivity index (χ4v) is 2.87. The van der Waals surface area contributed by atoms with Gasteiger partial charge in [-0.05, 0) is 30.5 Å². The second kappa shape index (κ2) is 6.23. The molecule has 4 heteroatoms. The molecule has 1 unspecified atom stereocenters. The lowest BCUT2D eigenvalue weighted by Crippen LogP contribution is -2.08. The van der Waals surface area contributed by atoms with Crippen molar-refractivity contribution in [3.05, 3.63) is 29.6 Å². The summed E-state index contributed by atoms with van der Waals surface area (Å²) in [6.07, 6.45) is 4.75. The van der Waals surface area contributed by atoms with Crippen LogP contribution in [0.5, 0.6) is 0 Å². The van der Waals surface area contributed by atoms with Crippen molar-refractivity contribution in [2.24, 2.45) is 5.73 Å². The van der Waals surface area contributed by atoms with Gasteiger partial charge in [-0.25, -0.2) is 0 Å². The largest absolute Gasteiger partial charge is 0.377 e. The fraction of sp³-hybridized carbons (Fsp3) is 0.583. The number of hydrogen-bond acceptors (Lipinski definition) is 4. The van der Waals surface area contributed by atoms with Crippen molar-refractivity contribution < 1.29 is 4.74 Å². The highest BCUT2D eigenvalue weighted by atomic mass is 32.2. The first kappa shape index (κ1) is 11.9. The molecular formula is C12H18N2OS. The predicted molar refractivity (Wildman–Crippen MR) is 67.3 cm³/mol. The summed E-state index contributed by atoms with van der Waals surface area (Å²) in [5.41, 5.74) is 7.83. The van der Waals surface area contributed by atoms with E-state index in [4.69, 9.17) is 10.5 Å². The lowest BCUT2D eigenvalue weighted by Gasteiger charge is -2.08. The van der Waals surface area contributed by atoms with Crippen LogP contribution in [-0.2, 0) is 17.0 Å². The standard InChI is InChI=1S/C12H18N2OS/c13-7-11-6-10(3-4-14-11)8-16-9-12-2-1-5-15-12/h3-4,6,12H,1-2,5,7-9,13H2. The summed E-state index contributed by atoms with van der Waals surface area (Å²) >= 11 is 1.93. The summed E-state index contributed by atoms with van der Waals surface area (Å²) in [6, 6.07) is 4.14. The number of thioether (sulfide) groups is 1. The van der Waals surface area contributed by atoms with Gasteiger partial charge in [-0.15, -0.1) is 0 Å². The molecule has 0 aliphatic carbocycles. The summed E-state index contributed by atoms with van der Waals surface area (Å²) in [6.45, 7) is 1.46. The van der Waals surface area contributed by atoms with Crippen LogP contribution in [0.25, 0.3) is 0 Å². The van der Waals surface area contributed by atoms with Crippen molar-refractivity contribution in [1.82, 2.24) is 4.98 Å². The summed E-state index contributed by atoms with van der Waals surface area (Å²) < 4.78 is 5.58. The minimum Gasteiger partial charge on any atom is -0.377 e. The van der Waals surface area contributed by atoms with Crippen LogP contribution < -0.4 is 5.73 Å². The van der Waals surface area contributed by atoms with Gasteiger partial charge in [0.25, 0.3) is 0 Å². The maximum atomic E-state index is 5.58. The third-order valence-electron chi connectivity index (χ3n) is 2.69. The normalized spacial score (nSPS) is 20.2. The van der Waals surface area contributed by atoms with Gasteiger partial charge in [-0.2, -0.15) is 11.8 Å². The van der Waals surface area contributed by atoms with E-state index in [0.717, 1.165) is 23.8 Å². The lowest BCUT2D eigenvalue weighted by atomic mass is 10.2. The number of pyridine rings is 1. The second-order valence-electron chi connectivity index (χ2n) is 4.01. The molecule has 1 aromatic heterocycles. The molecule has 0 amide bonds. The molecule has 16 heavy (non-hydrogen) atoms. The summed E-state index contributed by atoms with van der Waals surface area (Å²) in [7, 11) is 0. The summed E-state index contributed by atoms with van der Waals surface area (Å²) in [4.78, 5) is 4.18. The van der Waals surface area contributed by atoms with Crippen molar-refractivity contribution in [3.8, 4) is 0 Å². The van der Waals surface area contributed by atoms with E-state index in [-0.39, 0.29) is 0 Å². The first-order chi connectivity index (χ1) is 7.88. The zero-order chi connectivity index (χ0) is 11.2. The van der Waals surface area contributed by atoms with Crippen molar-refractivity contribution in [2.75, 3.05) is 12.4 Å². The van der Waals surface area contributed by atoms with Gasteiger partial charge in [-0.1, -0.05) is 0 Å². The van der Waals surface area contributed by atoms with E-state index in [1.807, 2.05) is 18.0 Å². The molecule has 88 valence electrons. The van der Waals surface area contributed by atoms with E-state index in [1.165, 1.54) is 18.4 Å². The fourth-order valence-electron chi connectivity index (χ4n) is 1.81. The Morgan fingerprint density at radius 3 is 3.25 bits per heavy atom. The molecule has 2 rings (SSSR count). The number of nitrogens with two attached hydrogens (primary N) is 1. The van der Waals surface area contributed by atoms with Gasteiger partial charge >= 0.3 is 0 Å². The molecule has 1 saturated heterocycles. The van der Waals surface area contributed by atoms with Crippen molar-refractivity contribution >= 4 is 11.8 Å². The molecule has 0 bridgehead atoms. The van der Waals surface area contributed by atoms with Crippen LogP contribution in [0.1, 0.15) is 24.1 Å². The highest BCUT2D eigenvalue weighted by Crippen LogP contribution is 2.20. The molecule has 0 saturated carbocycles. The first-order valence-electron chi connectivity index (χ1n) is 5.71. The highest BCUT2D eigenvalue weighted by molar-refractivity contribution is 7.98. The minimum atomic E-state index is 0.473. The molecule has 0 aromatic carbocycles.